The van der Waals surface area contributed by atoms with Crippen LogP contribution in [0.15, 0.2) is 46.3 Å². The lowest BCUT2D eigenvalue weighted by Crippen LogP contribution is -2.51. The van der Waals surface area contributed by atoms with Crippen LogP contribution in [0.3, 0.4) is 0 Å². The number of thiophene rings is 1. The number of hydrogen-bond donors (Lipinski definition) is 1. The molecule has 0 bridgehead atoms. The van der Waals surface area contributed by atoms with E-state index in [4.69, 9.17) is 4.98 Å². The fourth-order valence-corrected chi connectivity index (χ4v) is 5.03. The van der Waals surface area contributed by atoms with E-state index in [-0.39, 0.29) is 11.7 Å². The second-order valence-corrected chi connectivity index (χ2v) is 9.08. The molecule has 0 saturated carbocycles. The molecule has 1 atom stereocenters. The van der Waals surface area contributed by atoms with E-state index in [1.165, 1.54) is 16.3 Å². The van der Waals surface area contributed by atoms with Crippen LogP contribution in [0.1, 0.15) is 48.6 Å². The second-order valence-electron chi connectivity index (χ2n) is 8.16. The average Bonchev–Trinajstić information content (AvgIpc) is 3.27. The van der Waals surface area contributed by atoms with E-state index < -0.39 is 0 Å². The van der Waals surface area contributed by atoms with Crippen LogP contribution in [0.5, 0.6) is 0 Å². The van der Waals surface area contributed by atoms with Gasteiger partial charge in [0.25, 0.3) is 5.56 Å². The van der Waals surface area contributed by atoms with Crippen LogP contribution in [0, 0.1) is 11.8 Å². The van der Waals surface area contributed by atoms with E-state index in [0.29, 0.717) is 5.82 Å². The van der Waals surface area contributed by atoms with Gasteiger partial charge in [0.05, 0.1) is 4.88 Å². The highest BCUT2D eigenvalue weighted by Crippen LogP contribution is 2.31. The molecule has 2 aliphatic heterocycles. The summed E-state index contributed by atoms with van der Waals surface area (Å²) in [6.45, 7) is 5.87. The van der Waals surface area contributed by atoms with E-state index in [0.717, 1.165) is 59.6 Å². The summed E-state index contributed by atoms with van der Waals surface area (Å²) in [5, 5.41) is 2.10. The summed E-state index contributed by atoms with van der Waals surface area (Å²) in [4.78, 5) is 24.8. The van der Waals surface area contributed by atoms with Gasteiger partial charge in [-0.05, 0) is 48.1 Å². The van der Waals surface area contributed by atoms with Crippen LogP contribution in [0.4, 0.5) is 0 Å². The largest absolute Gasteiger partial charge is 0.300 e. The van der Waals surface area contributed by atoms with E-state index in [1.54, 1.807) is 17.5 Å². The molecule has 3 aromatic heterocycles. The highest BCUT2D eigenvalue weighted by molar-refractivity contribution is 7.11. The minimum Gasteiger partial charge on any atom is -0.300 e. The van der Waals surface area contributed by atoms with Crippen molar-refractivity contribution in [2.75, 3.05) is 12.0 Å². The lowest BCUT2D eigenvalue weighted by molar-refractivity contribution is 0.205. The fraction of sp³-hybridized carbons (Fsp3) is 0.320. The van der Waals surface area contributed by atoms with Crippen molar-refractivity contribution in [2.45, 2.75) is 45.8 Å². The number of nitrogens with one attached hydrogen (secondary N) is 1. The second kappa shape index (κ2) is 8.73. The summed E-state index contributed by atoms with van der Waals surface area (Å²) in [7, 11) is 0. The molecular formula is C25H25N5OS. The molecule has 0 spiro atoms. The Bertz CT molecular complexity index is 1310. The molecule has 0 aromatic carbocycles. The highest BCUT2D eigenvalue weighted by Gasteiger charge is 2.29. The minimum absolute atomic E-state index is 0.0576. The first-order valence-electron chi connectivity index (χ1n) is 11.0. The van der Waals surface area contributed by atoms with Crippen LogP contribution in [-0.4, -0.2) is 32.3 Å². The Morgan fingerprint density at radius 3 is 3.09 bits per heavy atom. The van der Waals surface area contributed by atoms with Crippen molar-refractivity contribution in [2.24, 2.45) is 0 Å². The van der Waals surface area contributed by atoms with Gasteiger partial charge < -0.3 is 0 Å². The van der Waals surface area contributed by atoms with Gasteiger partial charge in [-0.1, -0.05) is 18.8 Å². The van der Waals surface area contributed by atoms with Gasteiger partial charge in [-0.3, -0.25) is 20.1 Å². The fourth-order valence-electron chi connectivity index (χ4n) is 4.25. The van der Waals surface area contributed by atoms with Crippen LogP contribution in [-0.2, 0) is 13.0 Å². The molecule has 0 saturated heterocycles. The van der Waals surface area contributed by atoms with Crippen molar-refractivity contribution in [3.63, 3.8) is 0 Å². The molecule has 0 amide bonds. The molecule has 7 heteroatoms. The van der Waals surface area contributed by atoms with Crippen molar-refractivity contribution >= 4 is 17.4 Å². The molecular weight excluding hydrogens is 418 g/mol. The van der Waals surface area contributed by atoms with Crippen LogP contribution in [0.25, 0.3) is 17.2 Å². The predicted molar refractivity (Wildman–Crippen MR) is 129 cm³/mol. The van der Waals surface area contributed by atoms with Gasteiger partial charge in [0.2, 0.25) is 0 Å². The highest BCUT2D eigenvalue weighted by atomic mass is 32.1. The molecule has 3 aromatic rings. The Morgan fingerprint density at radius 1 is 1.31 bits per heavy atom. The lowest BCUT2D eigenvalue weighted by atomic mass is 9.99. The van der Waals surface area contributed by atoms with Gasteiger partial charge in [0, 0.05) is 61.2 Å². The quantitative estimate of drug-likeness (QED) is 0.623. The smallest absolute Gasteiger partial charge is 0.272 e. The standard InChI is InChI=1S/C25H25N5OS/c1-3-4-5-6-22-20(9-12-32-22)18-14-19-16-29(11-8-21(19)27-15-18)25-17(2)13-23-26-10-7-24(31)30(23)28-25/h7,9-10,12-15,25,28H,3-4,8,11,16H2,1-2H3. The first-order valence-corrected chi connectivity index (χ1v) is 11.8. The Balaban J connectivity index is 1.42. The number of fused-ring (bicyclic) bond motifs is 2. The van der Waals surface area contributed by atoms with Crippen LogP contribution in [0.2, 0.25) is 0 Å². The molecule has 0 aliphatic carbocycles. The molecule has 1 unspecified atom stereocenters. The van der Waals surface area contributed by atoms with Crippen molar-refractivity contribution in [1.82, 2.24) is 19.5 Å². The van der Waals surface area contributed by atoms with Gasteiger partial charge in [0.1, 0.15) is 6.17 Å². The van der Waals surface area contributed by atoms with E-state index in [9.17, 15) is 4.79 Å². The van der Waals surface area contributed by atoms with Gasteiger partial charge >= 0.3 is 0 Å². The molecule has 5 heterocycles. The van der Waals surface area contributed by atoms with E-state index in [2.05, 4.69) is 58.5 Å². The summed E-state index contributed by atoms with van der Waals surface area (Å²) < 4.78 is 1.54. The van der Waals surface area contributed by atoms with Gasteiger partial charge in [-0.2, -0.15) is 0 Å². The lowest BCUT2D eigenvalue weighted by Gasteiger charge is -2.38. The van der Waals surface area contributed by atoms with Crippen molar-refractivity contribution in [3.05, 3.63) is 73.9 Å². The first-order chi connectivity index (χ1) is 15.6. The summed E-state index contributed by atoms with van der Waals surface area (Å²) in [6, 6.07) is 5.87. The minimum atomic E-state index is -0.0979. The maximum Gasteiger partial charge on any atom is 0.272 e. The third-order valence-corrected chi connectivity index (χ3v) is 6.73. The third kappa shape index (κ3) is 3.88. The van der Waals surface area contributed by atoms with Crippen LogP contribution < -0.4 is 11.0 Å². The van der Waals surface area contributed by atoms with E-state index in [1.807, 2.05) is 12.3 Å². The Kier molecular flexibility index (Phi) is 5.64. The van der Waals surface area contributed by atoms with E-state index >= 15 is 0 Å². The molecule has 0 radical (unpaired) electrons. The number of rotatable bonds is 3. The number of pyridine rings is 1. The zero-order valence-electron chi connectivity index (χ0n) is 18.3. The zero-order chi connectivity index (χ0) is 22.1. The number of unbranched alkanes of at least 4 members (excludes halogenated alkanes) is 1. The molecule has 0 fully saturated rings. The molecule has 1 N–H and O–H groups in total. The summed E-state index contributed by atoms with van der Waals surface area (Å²) in [5.74, 6) is 7.23. The third-order valence-electron chi connectivity index (χ3n) is 5.90. The van der Waals surface area contributed by atoms with Crippen molar-refractivity contribution in [1.29, 1.82) is 0 Å². The monoisotopic (exact) mass is 443 g/mol. The molecule has 32 heavy (non-hydrogen) atoms. The number of aromatic nitrogens is 3. The molecule has 6 nitrogen and oxygen atoms in total. The Labute approximate surface area is 191 Å². The average molecular weight is 444 g/mol. The summed E-state index contributed by atoms with van der Waals surface area (Å²) in [5.41, 5.74) is 9.05. The Morgan fingerprint density at radius 2 is 2.22 bits per heavy atom. The maximum atomic E-state index is 12.3. The molecule has 2 aliphatic rings. The van der Waals surface area contributed by atoms with Crippen molar-refractivity contribution < 1.29 is 0 Å². The predicted octanol–water partition coefficient (Wildman–Crippen LogP) is 3.86. The van der Waals surface area contributed by atoms with Gasteiger partial charge in [0.15, 0.2) is 5.82 Å². The van der Waals surface area contributed by atoms with Crippen molar-refractivity contribution in [3.8, 4) is 23.0 Å². The SMILES string of the molecule is CCCC#Cc1sccc1-c1cnc2c(c1)CN(C1Nn3c(nccc3=O)C=C1C)CC2. The normalized spacial score (nSPS) is 17.4. The number of nitrogens with zero attached hydrogens (tertiary/aromatic N) is 4. The topological polar surface area (TPSA) is 63.1 Å². The zero-order valence-corrected chi connectivity index (χ0v) is 19.1. The summed E-state index contributed by atoms with van der Waals surface area (Å²) in [6.07, 6.45) is 8.32. The molecule has 162 valence electrons. The van der Waals surface area contributed by atoms with Gasteiger partial charge in [-0.15, -0.1) is 11.3 Å². The molecule has 5 rings (SSSR count). The first kappa shape index (κ1) is 20.7. The van der Waals surface area contributed by atoms with Gasteiger partial charge in [-0.25, -0.2) is 9.66 Å². The summed E-state index contributed by atoms with van der Waals surface area (Å²) >= 11 is 1.68. The Hall–Kier alpha value is -3.21. The van der Waals surface area contributed by atoms with Crippen LogP contribution >= 0.6 is 11.3 Å². The maximum absolute atomic E-state index is 12.3. The number of hydrogen-bond acceptors (Lipinski definition) is 6.